The number of phenols is 1. The van der Waals surface area contributed by atoms with Crippen molar-refractivity contribution in [3.8, 4) is 11.5 Å². The van der Waals surface area contributed by atoms with E-state index in [-0.39, 0.29) is 24.0 Å². The Balaban J connectivity index is 2.97. The zero-order valence-electron chi connectivity index (χ0n) is 9.93. The summed E-state index contributed by atoms with van der Waals surface area (Å²) in [4.78, 5) is 11.1. The quantitative estimate of drug-likeness (QED) is 0.745. The van der Waals surface area contributed by atoms with E-state index >= 15 is 0 Å². The minimum Gasteiger partial charge on any atom is -0.504 e. The summed E-state index contributed by atoms with van der Waals surface area (Å²) < 4.78 is 10.3. The molecule has 1 aromatic rings. The largest absolute Gasteiger partial charge is 0.504 e. The van der Waals surface area contributed by atoms with E-state index in [1.165, 1.54) is 18.2 Å². The highest BCUT2D eigenvalue weighted by molar-refractivity contribution is 6.17. The van der Waals surface area contributed by atoms with Gasteiger partial charge in [0.15, 0.2) is 17.6 Å². The first kappa shape index (κ1) is 14.6. The first-order valence-corrected chi connectivity index (χ1v) is 5.99. The zero-order chi connectivity index (χ0) is 13.5. The van der Waals surface area contributed by atoms with Gasteiger partial charge in [-0.2, -0.15) is 0 Å². The third-order valence-electron chi connectivity index (χ3n) is 2.17. The normalized spacial score (nSPS) is 12.1. The van der Waals surface area contributed by atoms with E-state index in [0.29, 0.717) is 12.2 Å². The second kappa shape index (κ2) is 7.08. The molecular formula is C12H15ClO5. The van der Waals surface area contributed by atoms with E-state index in [1.807, 2.05) is 0 Å². The van der Waals surface area contributed by atoms with Crippen molar-refractivity contribution < 1.29 is 24.5 Å². The molecule has 0 spiro atoms. The SMILES string of the molecule is CCOc1cc(C(OCCCl)C(=O)O)ccc1O. The van der Waals surface area contributed by atoms with Crippen molar-refractivity contribution in [3.63, 3.8) is 0 Å². The van der Waals surface area contributed by atoms with E-state index in [4.69, 9.17) is 26.2 Å². The van der Waals surface area contributed by atoms with Crippen LogP contribution in [-0.4, -0.2) is 35.3 Å². The molecule has 1 unspecified atom stereocenters. The number of carboxylic acids is 1. The Morgan fingerprint density at radius 1 is 1.50 bits per heavy atom. The molecule has 5 nitrogen and oxygen atoms in total. The van der Waals surface area contributed by atoms with Crippen molar-refractivity contribution in [2.45, 2.75) is 13.0 Å². The second-order valence-corrected chi connectivity index (χ2v) is 3.82. The molecule has 0 heterocycles. The maximum atomic E-state index is 11.1. The minimum absolute atomic E-state index is 0.0397. The van der Waals surface area contributed by atoms with Gasteiger partial charge < -0.3 is 19.7 Å². The van der Waals surface area contributed by atoms with Gasteiger partial charge in [-0.3, -0.25) is 0 Å². The minimum atomic E-state index is -1.12. The first-order valence-electron chi connectivity index (χ1n) is 5.46. The molecule has 0 saturated heterocycles. The van der Waals surface area contributed by atoms with Crippen molar-refractivity contribution in [1.29, 1.82) is 0 Å². The Kier molecular flexibility index (Phi) is 5.74. The lowest BCUT2D eigenvalue weighted by Crippen LogP contribution is -2.16. The molecule has 18 heavy (non-hydrogen) atoms. The number of hydrogen-bond acceptors (Lipinski definition) is 4. The Morgan fingerprint density at radius 3 is 2.78 bits per heavy atom. The highest BCUT2D eigenvalue weighted by Crippen LogP contribution is 2.30. The third kappa shape index (κ3) is 3.78. The Labute approximate surface area is 110 Å². The number of aliphatic carboxylic acids is 1. The van der Waals surface area contributed by atoms with E-state index in [1.54, 1.807) is 6.92 Å². The van der Waals surface area contributed by atoms with Crippen molar-refractivity contribution in [2.24, 2.45) is 0 Å². The lowest BCUT2D eigenvalue weighted by atomic mass is 10.1. The fraction of sp³-hybridized carbons (Fsp3) is 0.417. The molecule has 100 valence electrons. The van der Waals surface area contributed by atoms with Crippen LogP contribution in [0.4, 0.5) is 0 Å². The molecular weight excluding hydrogens is 260 g/mol. The molecule has 0 aliphatic carbocycles. The molecule has 0 aromatic heterocycles. The molecule has 0 bridgehead atoms. The molecule has 1 aromatic carbocycles. The summed E-state index contributed by atoms with van der Waals surface area (Å²) in [6.45, 7) is 2.27. The standard InChI is InChI=1S/C12H15ClO5/c1-2-17-10-7-8(3-4-9(10)14)11(12(15)16)18-6-5-13/h3-4,7,11,14H,2,5-6H2,1H3,(H,15,16). The van der Waals surface area contributed by atoms with Crippen molar-refractivity contribution >= 4 is 17.6 Å². The number of carbonyl (C=O) groups is 1. The Morgan fingerprint density at radius 2 is 2.22 bits per heavy atom. The van der Waals surface area contributed by atoms with Crippen LogP contribution in [0, 0.1) is 0 Å². The number of benzene rings is 1. The van der Waals surface area contributed by atoms with Crippen LogP contribution in [0.5, 0.6) is 11.5 Å². The van der Waals surface area contributed by atoms with E-state index in [0.717, 1.165) is 0 Å². The maximum Gasteiger partial charge on any atom is 0.337 e. The highest BCUT2D eigenvalue weighted by Gasteiger charge is 2.21. The molecule has 1 rings (SSSR count). The molecule has 0 fully saturated rings. The van der Waals surface area contributed by atoms with Crippen LogP contribution in [-0.2, 0) is 9.53 Å². The van der Waals surface area contributed by atoms with Crippen molar-refractivity contribution in [1.82, 2.24) is 0 Å². The average Bonchev–Trinajstić information content (AvgIpc) is 2.33. The summed E-state index contributed by atoms with van der Waals surface area (Å²) in [5, 5.41) is 18.6. The molecule has 0 radical (unpaired) electrons. The summed E-state index contributed by atoms with van der Waals surface area (Å²) in [5.41, 5.74) is 0.397. The molecule has 0 aliphatic heterocycles. The molecule has 1 atom stereocenters. The number of ether oxygens (including phenoxy) is 2. The van der Waals surface area contributed by atoms with Gasteiger partial charge in [-0.15, -0.1) is 11.6 Å². The highest BCUT2D eigenvalue weighted by atomic mass is 35.5. The summed E-state index contributed by atoms with van der Waals surface area (Å²) in [5.74, 6) is -0.716. The third-order valence-corrected chi connectivity index (χ3v) is 2.33. The molecule has 2 N–H and O–H groups in total. The number of rotatable bonds is 7. The summed E-state index contributed by atoms with van der Waals surface area (Å²) >= 11 is 5.46. The van der Waals surface area contributed by atoms with Crippen LogP contribution < -0.4 is 4.74 Å². The number of halogens is 1. The van der Waals surface area contributed by atoms with E-state index in [2.05, 4.69) is 0 Å². The van der Waals surface area contributed by atoms with Gasteiger partial charge in [0.2, 0.25) is 0 Å². The number of hydrogen-bond donors (Lipinski definition) is 2. The molecule has 0 amide bonds. The number of carboxylic acid groups (broad SMARTS) is 1. The van der Waals surface area contributed by atoms with Gasteiger partial charge in [0.25, 0.3) is 0 Å². The average molecular weight is 275 g/mol. The van der Waals surface area contributed by atoms with Crippen LogP contribution in [0.3, 0.4) is 0 Å². The van der Waals surface area contributed by atoms with Crippen LogP contribution in [0.1, 0.15) is 18.6 Å². The number of phenolic OH excluding ortho intramolecular Hbond substituents is 1. The fourth-order valence-corrected chi connectivity index (χ4v) is 1.53. The predicted molar refractivity (Wildman–Crippen MR) is 66.3 cm³/mol. The lowest BCUT2D eigenvalue weighted by molar-refractivity contribution is -0.150. The summed E-state index contributed by atoms with van der Waals surface area (Å²) in [6.07, 6.45) is -1.12. The Hall–Kier alpha value is -1.46. The maximum absolute atomic E-state index is 11.1. The van der Waals surface area contributed by atoms with Gasteiger partial charge in [-0.25, -0.2) is 4.79 Å². The van der Waals surface area contributed by atoms with E-state index < -0.39 is 12.1 Å². The second-order valence-electron chi connectivity index (χ2n) is 3.44. The van der Waals surface area contributed by atoms with Gasteiger partial charge >= 0.3 is 5.97 Å². The van der Waals surface area contributed by atoms with Gasteiger partial charge in [-0.05, 0) is 24.6 Å². The topological polar surface area (TPSA) is 76.0 Å². The number of aromatic hydroxyl groups is 1. The van der Waals surface area contributed by atoms with E-state index in [9.17, 15) is 9.90 Å². The van der Waals surface area contributed by atoms with Crippen LogP contribution in [0.2, 0.25) is 0 Å². The number of alkyl halides is 1. The fourth-order valence-electron chi connectivity index (χ4n) is 1.44. The zero-order valence-corrected chi connectivity index (χ0v) is 10.7. The summed E-state index contributed by atoms with van der Waals surface area (Å²) in [6, 6.07) is 4.30. The Bertz CT molecular complexity index is 407. The van der Waals surface area contributed by atoms with Crippen LogP contribution >= 0.6 is 11.6 Å². The van der Waals surface area contributed by atoms with Gasteiger partial charge in [-0.1, -0.05) is 6.07 Å². The first-order chi connectivity index (χ1) is 8.60. The van der Waals surface area contributed by atoms with Crippen molar-refractivity contribution in [3.05, 3.63) is 23.8 Å². The molecule has 0 aliphatic rings. The van der Waals surface area contributed by atoms with Gasteiger partial charge in [0.1, 0.15) is 0 Å². The smallest absolute Gasteiger partial charge is 0.337 e. The monoisotopic (exact) mass is 274 g/mol. The summed E-state index contributed by atoms with van der Waals surface area (Å²) in [7, 11) is 0. The van der Waals surface area contributed by atoms with Crippen LogP contribution in [0.25, 0.3) is 0 Å². The molecule has 0 saturated carbocycles. The predicted octanol–water partition coefficient (Wildman–Crippen LogP) is 2.17. The van der Waals surface area contributed by atoms with Gasteiger partial charge in [0, 0.05) is 5.88 Å². The van der Waals surface area contributed by atoms with Crippen LogP contribution in [0.15, 0.2) is 18.2 Å². The van der Waals surface area contributed by atoms with Gasteiger partial charge in [0.05, 0.1) is 13.2 Å². The lowest BCUT2D eigenvalue weighted by Gasteiger charge is -2.15. The van der Waals surface area contributed by atoms with Crippen molar-refractivity contribution in [2.75, 3.05) is 19.1 Å². The molecule has 6 heteroatoms.